The zero-order valence-electron chi connectivity index (χ0n) is 13.0. The number of nitrogens with zero attached hydrogens (tertiary/aromatic N) is 1. The van der Waals surface area contributed by atoms with Crippen LogP contribution in [0.3, 0.4) is 0 Å². The average molecular weight is 289 g/mol. The third-order valence-electron chi connectivity index (χ3n) is 4.20. The van der Waals surface area contributed by atoms with E-state index in [-0.39, 0.29) is 5.91 Å². The van der Waals surface area contributed by atoms with Crippen molar-refractivity contribution in [1.82, 2.24) is 4.90 Å². The summed E-state index contributed by atoms with van der Waals surface area (Å²) >= 11 is 0. The van der Waals surface area contributed by atoms with Crippen LogP contribution >= 0.6 is 0 Å². The summed E-state index contributed by atoms with van der Waals surface area (Å²) in [7, 11) is 0. The standard InChI is InChI=1S/C17H27N3O/c1-2-3-15-8-10-20(13-15)11-9-17(21)19-16-6-4-14(12-18)5-7-16/h4-7,15H,2-3,8-13,18H2,1H3,(H,19,21). The molecule has 0 spiro atoms. The molecule has 0 saturated carbocycles. The number of hydrogen-bond donors (Lipinski definition) is 2. The topological polar surface area (TPSA) is 58.4 Å². The first-order valence-electron chi connectivity index (χ1n) is 8.02. The molecular weight excluding hydrogens is 262 g/mol. The fourth-order valence-electron chi connectivity index (χ4n) is 2.97. The molecule has 1 amide bonds. The molecule has 1 aliphatic heterocycles. The third kappa shape index (κ3) is 5.14. The molecule has 1 atom stereocenters. The molecule has 1 aromatic carbocycles. The molecule has 1 unspecified atom stereocenters. The molecule has 2 rings (SSSR count). The van der Waals surface area contributed by atoms with Crippen LogP contribution in [0.2, 0.25) is 0 Å². The Morgan fingerprint density at radius 3 is 2.81 bits per heavy atom. The Kier molecular flexibility index (Phi) is 6.21. The van der Waals surface area contributed by atoms with Crippen molar-refractivity contribution in [2.75, 3.05) is 25.0 Å². The van der Waals surface area contributed by atoms with Crippen LogP contribution in [0.5, 0.6) is 0 Å². The van der Waals surface area contributed by atoms with Crippen LogP contribution < -0.4 is 11.1 Å². The lowest BCUT2D eigenvalue weighted by Gasteiger charge is -2.15. The minimum Gasteiger partial charge on any atom is -0.326 e. The third-order valence-corrected chi connectivity index (χ3v) is 4.20. The van der Waals surface area contributed by atoms with E-state index in [0.29, 0.717) is 13.0 Å². The van der Waals surface area contributed by atoms with E-state index >= 15 is 0 Å². The van der Waals surface area contributed by atoms with Crippen LogP contribution in [0.25, 0.3) is 0 Å². The van der Waals surface area contributed by atoms with Crippen LogP contribution in [0, 0.1) is 5.92 Å². The first kappa shape index (κ1) is 16.0. The second-order valence-corrected chi connectivity index (χ2v) is 5.94. The van der Waals surface area contributed by atoms with Gasteiger partial charge in [-0.05, 0) is 43.0 Å². The van der Waals surface area contributed by atoms with Crippen molar-refractivity contribution in [3.8, 4) is 0 Å². The highest BCUT2D eigenvalue weighted by atomic mass is 16.1. The van der Waals surface area contributed by atoms with Gasteiger partial charge in [-0.2, -0.15) is 0 Å². The zero-order valence-corrected chi connectivity index (χ0v) is 13.0. The van der Waals surface area contributed by atoms with E-state index in [4.69, 9.17) is 5.73 Å². The summed E-state index contributed by atoms with van der Waals surface area (Å²) in [6, 6.07) is 7.72. The SMILES string of the molecule is CCCC1CCN(CCC(=O)Nc2ccc(CN)cc2)C1. The quantitative estimate of drug-likeness (QED) is 0.811. The van der Waals surface area contributed by atoms with Crippen molar-refractivity contribution in [1.29, 1.82) is 0 Å². The van der Waals surface area contributed by atoms with Gasteiger partial charge in [-0.3, -0.25) is 4.79 Å². The van der Waals surface area contributed by atoms with Crippen LogP contribution in [-0.4, -0.2) is 30.4 Å². The van der Waals surface area contributed by atoms with Crippen molar-refractivity contribution >= 4 is 11.6 Å². The van der Waals surface area contributed by atoms with Gasteiger partial charge in [0, 0.05) is 31.7 Å². The fraction of sp³-hybridized carbons (Fsp3) is 0.588. The number of nitrogens with one attached hydrogen (secondary N) is 1. The molecule has 1 aromatic rings. The first-order valence-corrected chi connectivity index (χ1v) is 8.02. The lowest BCUT2D eigenvalue weighted by atomic mass is 10.0. The smallest absolute Gasteiger partial charge is 0.225 e. The van der Waals surface area contributed by atoms with Gasteiger partial charge in [0.2, 0.25) is 5.91 Å². The summed E-state index contributed by atoms with van der Waals surface area (Å²) in [6.07, 6.45) is 4.43. The molecule has 0 aliphatic carbocycles. The molecule has 1 fully saturated rings. The number of hydrogen-bond acceptors (Lipinski definition) is 3. The summed E-state index contributed by atoms with van der Waals surface area (Å²) in [5.41, 5.74) is 7.48. The Morgan fingerprint density at radius 2 is 2.14 bits per heavy atom. The highest BCUT2D eigenvalue weighted by molar-refractivity contribution is 5.90. The summed E-state index contributed by atoms with van der Waals surface area (Å²) in [5.74, 6) is 0.927. The van der Waals surface area contributed by atoms with Gasteiger partial charge in [-0.25, -0.2) is 0 Å². The lowest BCUT2D eigenvalue weighted by molar-refractivity contribution is -0.116. The van der Waals surface area contributed by atoms with Gasteiger partial charge in [-0.15, -0.1) is 0 Å². The zero-order chi connectivity index (χ0) is 15.1. The molecular formula is C17H27N3O. The fourth-order valence-corrected chi connectivity index (χ4v) is 2.97. The molecule has 4 heteroatoms. The molecule has 0 aromatic heterocycles. The van der Waals surface area contributed by atoms with E-state index in [1.165, 1.54) is 19.3 Å². The normalized spacial score (nSPS) is 18.9. The van der Waals surface area contributed by atoms with Crippen LogP contribution in [-0.2, 0) is 11.3 Å². The van der Waals surface area contributed by atoms with E-state index < -0.39 is 0 Å². The molecule has 1 saturated heterocycles. The molecule has 1 heterocycles. The Labute approximate surface area is 127 Å². The Bertz CT molecular complexity index is 444. The van der Waals surface area contributed by atoms with Crippen LogP contribution in [0.1, 0.15) is 38.2 Å². The number of nitrogens with two attached hydrogens (primary N) is 1. The highest BCUT2D eigenvalue weighted by Crippen LogP contribution is 2.20. The number of likely N-dealkylation sites (tertiary alicyclic amines) is 1. The van der Waals surface area contributed by atoms with Gasteiger partial charge >= 0.3 is 0 Å². The number of carbonyl (C=O) groups is 1. The summed E-state index contributed by atoms with van der Waals surface area (Å²) in [6.45, 7) is 5.94. The Balaban J connectivity index is 1.70. The first-order chi connectivity index (χ1) is 10.2. The summed E-state index contributed by atoms with van der Waals surface area (Å²) in [4.78, 5) is 14.4. The molecule has 116 valence electrons. The van der Waals surface area contributed by atoms with Crippen molar-refractivity contribution in [3.05, 3.63) is 29.8 Å². The molecule has 4 nitrogen and oxygen atoms in total. The Hall–Kier alpha value is -1.39. The number of carbonyl (C=O) groups excluding carboxylic acids is 1. The highest BCUT2D eigenvalue weighted by Gasteiger charge is 2.21. The van der Waals surface area contributed by atoms with Gasteiger partial charge in [0.1, 0.15) is 0 Å². The maximum absolute atomic E-state index is 12.0. The molecule has 1 aliphatic rings. The van der Waals surface area contributed by atoms with Crippen molar-refractivity contribution < 1.29 is 4.79 Å². The molecule has 21 heavy (non-hydrogen) atoms. The minimum atomic E-state index is 0.0921. The second kappa shape index (κ2) is 8.15. The maximum atomic E-state index is 12.0. The maximum Gasteiger partial charge on any atom is 0.225 e. The van der Waals surface area contributed by atoms with Gasteiger partial charge in [0.15, 0.2) is 0 Å². The van der Waals surface area contributed by atoms with E-state index in [2.05, 4.69) is 17.1 Å². The number of rotatable bonds is 7. The largest absolute Gasteiger partial charge is 0.326 e. The summed E-state index contributed by atoms with van der Waals surface area (Å²) < 4.78 is 0. The van der Waals surface area contributed by atoms with Crippen molar-refractivity contribution in [2.24, 2.45) is 11.7 Å². The summed E-state index contributed by atoms with van der Waals surface area (Å²) in [5, 5.41) is 2.95. The van der Waals surface area contributed by atoms with E-state index in [1.807, 2.05) is 24.3 Å². The van der Waals surface area contributed by atoms with Crippen LogP contribution in [0.15, 0.2) is 24.3 Å². The van der Waals surface area contributed by atoms with E-state index in [1.54, 1.807) is 0 Å². The Morgan fingerprint density at radius 1 is 1.38 bits per heavy atom. The monoisotopic (exact) mass is 289 g/mol. The molecule has 3 N–H and O–H groups in total. The van der Waals surface area contributed by atoms with Gasteiger partial charge in [0.25, 0.3) is 0 Å². The van der Waals surface area contributed by atoms with E-state index in [9.17, 15) is 4.79 Å². The molecule has 0 radical (unpaired) electrons. The molecule has 0 bridgehead atoms. The van der Waals surface area contributed by atoms with Crippen molar-refractivity contribution in [3.63, 3.8) is 0 Å². The minimum absolute atomic E-state index is 0.0921. The number of benzene rings is 1. The van der Waals surface area contributed by atoms with Gasteiger partial charge < -0.3 is 16.0 Å². The van der Waals surface area contributed by atoms with Crippen molar-refractivity contribution in [2.45, 2.75) is 39.2 Å². The van der Waals surface area contributed by atoms with Gasteiger partial charge in [-0.1, -0.05) is 25.5 Å². The van der Waals surface area contributed by atoms with Crippen LogP contribution in [0.4, 0.5) is 5.69 Å². The average Bonchev–Trinajstić information content (AvgIpc) is 2.94. The predicted molar refractivity (Wildman–Crippen MR) is 87.0 cm³/mol. The predicted octanol–water partition coefficient (Wildman–Crippen LogP) is 2.60. The lowest BCUT2D eigenvalue weighted by Crippen LogP contribution is -2.26. The number of anilines is 1. The van der Waals surface area contributed by atoms with E-state index in [0.717, 1.165) is 36.8 Å². The second-order valence-electron chi connectivity index (χ2n) is 5.94. The van der Waals surface area contributed by atoms with Gasteiger partial charge in [0.05, 0.1) is 0 Å². The number of amides is 1.